The van der Waals surface area contributed by atoms with Gasteiger partial charge in [-0.05, 0) is 66.8 Å². The lowest BCUT2D eigenvalue weighted by molar-refractivity contribution is -0.128. The second-order valence-electron chi connectivity index (χ2n) is 9.69. The number of amides is 1. The molecule has 0 saturated carbocycles. The largest absolute Gasteiger partial charge is 0.497 e. The number of methoxy groups -OCH3 is 1. The zero-order valence-corrected chi connectivity index (χ0v) is 21.7. The van der Waals surface area contributed by atoms with E-state index in [4.69, 9.17) is 14.5 Å². The van der Waals surface area contributed by atoms with Crippen LogP contribution in [0.25, 0.3) is 11.0 Å². The first-order chi connectivity index (χ1) is 18.1. The monoisotopic (exact) mass is 497 g/mol. The minimum Gasteiger partial charge on any atom is -0.497 e. The number of hydrogen-bond acceptors (Lipinski definition) is 4. The molecule has 1 aliphatic heterocycles. The molecule has 5 rings (SSSR count). The van der Waals surface area contributed by atoms with Crippen molar-refractivity contribution < 1.29 is 14.3 Å². The van der Waals surface area contributed by atoms with Crippen LogP contribution in [0.3, 0.4) is 0 Å². The number of carbonyl (C=O) groups is 1. The Bertz CT molecular complexity index is 1330. The Morgan fingerprint density at radius 2 is 1.65 bits per heavy atom. The third-order valence-corrected chi connectivity index (χ3v) is 7.17. The summed E-state index contributed by atoms with van der Waals surface area (Å²) in [5.41, 5.74) is 4.55. The second kappa shape index (κ2) is 11.5. The molecular formula is C31H35N3O3. The molecule has 1 aromatic heterocycles. The number of rotatable bonds is 11. The van der Waals surface area contributed by atoms with E-state index in [2.05, 4.69) is 54.0 Å². The molecule has 1 saturated heterocycles. The zero-order chi connectivity index (χ0) is 25.6. The number of ether oxygens (including phenoxy) is 2. The Balaban J connectivity index is 1.23. The summed E-state index contributed by atoms with van der Waals surface area (Å²) in [4.78, 5) is 19.9. The summed E-state index contributed by atoms with van der Waals surface area (Å²) in [7, 11) is 1.66. The molecule has 0 N–H and O–H groups in total. The summed E-state index contributed by atoms with van der Waals surface area (Å²) >= 11 is 0. The summed E-state index contributed by atoms with van der Waals surface area (Å²) in [5.74, 6) is 3.03. The van der Waals surface area contributed by atoms with E-state index in [1.807, 2.05) is 35.2 Å². The molecule has 1 fully saturated rings. The number of aryl methyl sites for hydroxylation is 2. The number of likely N-dealkylation sites (tertiary alicyclic amines) is 1. The van der Waals surface area contributed by atoms with Crippen LogP contribution in [0.2, 0.25) is 0 Å². The standard InChI is InChI=1S/C31H35N3O3/c1-3-23-10-16-27(17-11-23)37-19-7-6-18-34-29-9-5-4-8-28(29)32-31(34)25-20-30(35)33(22-25)21-24-12-14-26(36-2)15-13-24/h4-5,8-17,25H,3,6-7,18-22H2,1-2H3. The fraction of sp³-hybridized carbons (Fsp3) is 0.355. The molecule has 37 heavy (non-hydrogen) atoms. The van der Waals surface area contributed by atoms with Gasteiger partial charge < -0.3 is 18.9 Å². The van der Waals surface area contributed by atoms with E-state index in [0.29, 0.717) is 26.1 Å². The molecular weight excluding hydrogens is 462 g/mol. The van der Waals surface area contributed by atoms with Gasteiger partial charge in [-0.25, -0.2) is 4.98 Å². The number of benzene rings is 3. The van der Waals surface area contributed by atoms with E-state index < -0.39 is 0 Å². The third-order valence-electron chi connectivity index (χ3n) is 7.17. The Kier molecular flexibility index (Phi) is 7.73. The molecule has 0 spiro atoms. The fourth-order valence-corrected chi connectivity index (χ4v) is 5.07. The van der Waals surface area contributed by atoms with Crippen molar-refractivity contribution in [3.8, 4) is 11.5 Å². The van der Waals surface area contributed by atoms with Crippen molar-refractivity contribution in [2.75, 3.05) is 20.3 Å². The van der Waals surface area contributed by atoms with Gasteiger partial charge in [-0.2, -0.15) is 0 Å². The van der Waals surface area contributed by atoms with Crippen molar-refractivity contribution in [3.05, 3.63) is 89.7 Å². The van der Waals surface area contributed by atoms with Crippen LogP contribution < -0.4 is 9.47 Å². The van der Waals surface area contributed by atoms with Gasteiger partial charge in [-0.3, -0.25) is 4.79 Å². The van der Waals surface area contributed by atoms with E-state index >= 15 is 0 Å². The van der Waals surface area contributed by atoms with Crippen molar-refractivity contribution in [1.29, 1.82) is 0 Å². The molecule has 0 bridgehead atoms. The normalized spacial score (nSPS) is 15.5. The van der Waals surface area contributed by atoms with Crippen LogP contribution in [0, 0.1) is 0 Å². The van der Waals surface area contributed by atoms with E-state index in [-0.39, 0.29) is 11.8 Å². The second-order valence-corrected chi connectivity index (χ2v) is 9.69. The average Bonchev–Trinajstić information content (AvgIpc) is 3.49. The molecule has 3 aromatic carbocycles. The first-order valence-corrected chi connectivity index (χ1v) is 13.2. The smallest absolute Gasteiger partial charge is 0.223 e. The van der Waals surface area contributed by atoms with Gasteiger partial charge in [0, 0.05) is 32.0 Å². The first-order valence-electron chi connectivity index (χ1n) is 13.2. The molecule has 192 valence electrons. The fourth-order valence-electron chi connectivity index (χ4n) is 5.07. The van der Waals surface area contributed by atoms with Gasteiger partial charge in [0.05, 0.1) is 24.8 Å². The third kappa shape index (κ3) is 5.79. The van der Waals surface area contributed by atoms with Gasteiger partial charge in [0.25, 0.3) is 0 Å². The predicted molar refractivity (Wildman–Crippen MR) is 146 cm³/mol. The molecule has 0 radical (unpaired) electrons. The molecule has 6 heteroatoms. The maximum absolute atomic E-state index is 12.9. The van der Waals surface area contributed by atoms with Crippen molar-refractivity contribution in [1.82, 2.24) is 14.5 Å². The van der Waals surface area contributed by atoms with Crippen LogP contribution in [0.15, 0.2) is 72.8 Å². The van der Waals surface area contributed by atoms with Gasteiger partial charge in [0.2, 0.25) is 5.91 Å². The molecule has 4 aromatic rings. The lowest BCUT2D eigenvalue weighted by Gasteiger charge is -2.18. The highest BCUT2D eigenvalue weighted by molar-refractivity contribution is 5.81. The molecule has 1 amide bonds. The number of nitrogens with zero attached hydrogens (tertiary/aromatic N) is 3. The molecule has 0 aliphatic carbocycles. The summed E-state index contributed by atoms with van der Waals surface area (Å²) < 4.78 is 13.5. The van der Waals surface area contributed by atoms with Gasteiger partial charge >= 0.3 is 0 Å². The van der Waals surface area contributed by atoms with Gasteiger partial charge in [0.1, 0.15) is 17.3 Å². The van der Waals surface area contributed by atoms with Crippen molar-refractivity contribution in [3.63, 3.8) is 0 Å². The summed E-state index contributed by atoms with van der Waals surface area (Å²) in [5, 5.41) is 0. The number of fused-ring (bicyclic) bond motifs is 1. The summed E-state index contributed by atoms with van der Waals surface area (Å²) in [6.07, 6.45) is 3.47. The lowest BCUT2D eigenvalue weighted by atomic mass is 10.1. The highest BCUT2D eigenvalue weighted by atomic mass is 16.5. The number of aromatic nitrogens is 2. The van der Waals surface area contributed by atoms with E-state index in [1.54, 1.807) is 7.11 Å². The summed E-state index contributed by atoms with van der Waals surface area (Å²) in [6.45, 7) is 4.99. The van der Waals surface area contributed by atoms with Crippen LogP contribution in [-0.2, 0) is 24.3 Å². The van der Waals surface area contributed by atoms with Crippen LogP contribution >= 0.6 is 0 Å². The van der Waals surface area contributed by atoms with Crippen LogP contribution in [0.5, 0.6) is 11.5 Å². The number of carbonyl (C=O) groups excluding carboxylic acids is 1. The Morgan fingerprint density at radius 3 is 2.41 bits per heavy atom. The van der Waals surface area contributed by atoms with E-state index in [0.717, 1.165) is 59.7 Å². The molecule has 1 atom stereocenters. The van der Waals surface area contributed by atoms with Crippen LogP contribution in [0.1, 0.15) is 49.1 Å². The Morgan fingerprint density at radius 1 is 0.919 bits per heavy atom. The molecule has 1 aliphatic rings. The zero-order valence-electron chi connectivity index (χ0n) is 21.7. The van der Waals surface area contributed by atoms with Crippen molar-refractivity contribution in [2.24, 2.45) is 0 Å². The quantitative estimate of drug-likeness (QED) is 0.239. The Hall–Kier alpha value is -3.80. The van der Waals surface area contributed by atoms with Crippen LogP contribution in [0.4, 0.5) is 0 Å². The van der Waals surface area contributed by atoms with Crippen molar-refractivity contribution >= 4 is 16.9 Å². The number of para-hydroxylation sites is 2. The first kappa shape index (κ1) is 24.9. The Labute approximate surface area is 218 Å². The molecule has 6 nitrogen and oxygen atoms in total. The number of imidazole rings is 1. The maximum Gasteiger partial charge on any atom is 0.223 e. The topological polar surface area (TPSA) is 56.6 Å². The minimum absolute atomic E-state index is 0.0893. The van der Waals surface area contributed by atoms with Crippen LogP contribution in [-0.4, -0.2) is 40.6 Å². The lowest BCUT2D eigenvalue weighted by Crippen LogP contribution is -2.24. The summed E-state index contributed by atoms with van der Waals surface area (Å²) in [6, 6.07) is 24.6. The van der Waals surface area contributed by atoms with E-state index in [9.17, 15) is 4.79 Å². The maximum atomic E-state index is 12.9. The highest BCUT2D eigenvalue weighted by Gasteiger charge is 2.33. The van der Waals surface area contributed by atoms with Gasteiger partial charge in [0.15, 0.2) is 0 Å². The number of unbranched alkanes of at least 4 members (excludes halogenated alkanes) is 1. The SMILES string of the molecule is CCc1ccc(OCCCCn2c(C3CC(=O)N(Cc4ccc(OC)cc4)C3)nc3ccccc32)cc1. The highest BCUT2D eigenvalue weighted by Crippen LogP contribution is 2.31. The minimum atomic E-state index is 0.0893. The average molecular weight is 498 g/mol. The number of hydrogen-bond donors (Lipinski definition) is 0. The van der Waals surface area contributed by atoms with Gasteiger partial charge in [-0.1, -0.05) is 43.3 Å². The van der Waals surface area contributed by atoms with Crippen molar-refractivity contribution in [2.45, 2.75) is 51.6 Å². The predicted octanol–water partition coefficient (Wildman–Crippen LogP) is 5.98. The van der Waals surface area contributed by atoms with Gasteiger partial charge in [-0.15, -0.1) is 0 Å². The molecule has 1 unspecified atom stereocenters. The molecule has 2 heterocycles. The van der Waals surface area contributed by atoms with E-state index in [1.165, 1.54) is 5.56 Å².